The topological polar surface area (TPSA) is 58.1 Å². The van der Waals surface area contributed by atoms with Crippen molar-refractivity contribution in [2.45, 2.75) is 50.2 Å². The van der Waals surface area contributed by atoms with Crippen LogP contribution in [0.2, 0.25) is 0 Å². The van der Waals surface area contributed by atoms with Crippen LogP contribution in [0.5, 0.6) is 5.75 Å². The number of fused-ring (bicyclic) bond motifs is 1. The smallest absolute Gasteiger partial charge is 0.191 e. The summed E-state index contributed by atoms with van der Waals surface area (Å²) in [7, 11) is 1.85. The molecule has 0 radical (unpaired) electrons. The number of nitrogens with one attached hydrogen (secondary N) is 2. The fraction of sp³-hybridized carbons (Fsp3) is 0.682. The van der Waals surface area contributed by atoms with Crippen molar-refractivity contribution in [2.24, 2.45) is 4.99 Å². The van der Waals surface area contributed by atoms with Crippen LogP contribution in [0.15, 0.2) is 29.3 Å². The first kappa shape index (κ1) is 19.5. The number of hydrogen-bond donors (Lipinski definition) is 2. The van der Waals surface area contributed by atoms with E-state index >= 15 is 0 Å². The van der Waals surface area contributed by atoms with E-state index in [1.165, 1.54) is 37.7 Å². The Kier molecular flexibility index (Phi) is 6.37. The van der Waals surface area contributed by atoms with Crippen LogP contribution >= 0.6 is 0 Å². The summed E-state index contributed by atoms with van der Waals surface area (Å²) in [6.07, 6.45) is 7.64. The van der Waals surface area contributed by atoms with Gasteiger partial charge in [0, 0.05) is 38.6 Å². The lowest BCUT2D eigenvalue weighted by Crippen LogP contribution is -2.60. The predicted molar refractivity (Wildman–Crippen MR) is 112 cm³/mol. The van der Waals surface area contributed by atoms with Gasteiger partial charge in [-0.2, -0.15) is 0 Å². The van der Waals surface area contributed by atoms with E-state index in [1.54, 1.807) is 0 Å². The molecule has 3 aliphatic rings. The van der Waals surface area contributed by atoms with Gasteiger partial charge in [-0.25, -0.2) is 0 Å². The van der Waals surface area contributed by atoms with Crippen molar-refractivity contribution >= 4 is 5.96 Å². The first-order valence-corrected chi connectivity index (χ1v) is 10.8. The second-order valence-corrected chi connectivity index (χ2v) is 8.24. The number of rotatable bonds is 5. The molecule has 6 nitrogen and oxygen atoms in total. The molecule has 6 heteroatoms. The molecule has 2 fully saturated rings. The van der Waals surface area contributed by atoms with Gasteiger partial charge < -0.3 is 20.1 Å². The molecule has 1 saturated heterocycles. The van der Waals surface area contributed by atoms with Crippen molar-refractivity contribution < 1.29 is 9.47 Å². The second kappa shape index (κ2) is 9.14. The molecule has 0 aromatic heterocycles. The van der Waals surface area contributed by atoms with Gasteiger partial charge in [-0.15, -0.1) is 0 Å². The quantitative estimate of drug-likeness (QED) is 0.600. The number of guanidine groups is 1. The molecule has 2 N–H and O–H groups in total. The van der Waals surface area contributed by atoms with Crippen LogP contribution < -0.4 is 15.4 Å². The van der Waals surface area contributed by atoms with Crippen molar-refractivity contribution in [3.63, 3.8) is 0 Å². The van der Waals surface area contributed by atoms with Gasteiger partial charge in [-0.1, -0.05) is 37.5 Å². The third-order valence-electron chi connectivity index (χ3n) is 6.49. The summed E-state index contributed by atoms with van der Waals surface area (Å²) in [6, 6.07) is 8.31. The van der Waals surface area contributed by atoms with Gasteiger partial charge in [0.25, 0.3) is 0 Å². The molecule has 1 aromatic carbocycles. The fourth-order valence-corrected chi connectivity index (χ4v) is 4.90. The molecule has 2 heterocycles. The van der Waals surface area contributed by atoms with Crippen LogP contribution in [0.4, 0.5) is 0 Å². The third kappa shape index (κ3) is 4.44. The van der Waals surface area contributed by atoms with Gasteiger partial charge in [-0.3, -0.25) is 9.89 Å². The molecule has 0 amide bonds. The Labute approximate surface area is 168 Å². The maximum absolute atomic E-state index is 6.04. The Morgan fingerprint density at radius 2 is 1.93 bits per heavy atom. The number of benzene rings is 1. The molecule has 1 aromatic rings. The van der Waals surface area contributed by atoms with Gasteiger partial charge in [-0.05, 0) is 24.5 Å². The molecule has 1 unspecified atom stereocenters. The van der Waals surface area contributed by atoms with Crippen LogP contribution in [0.1, 0.15) is 37.7 Å². The first-order chi connectivity index (χ1) is 13.8. The molecule has 2 aliphatic heterocycles. The van der Waals surface area contributed by atoms with Crippen LogP contribution in [0.3, 0.4) is 0 Å². The van der Waals surface area contributed by atoms with Gasteiger partial charge in [0.15, 0.2) is 5.96 Å². The fourth-order valence-electron chi connectivity index (χ4n) is 4.90. The van der Waals surface area contributed by atoms with E-state index in [1.807, 2.05) is 13.1 Å². The molecular formula is C22H34N4O2. The molecule has 1 aliphatic carbocycles. The van der Waals surface area contributed by atoms with Crippen molar-refractivity contribution in [3.05, 3.63) is 29.8 Å². The summed E-state index contributed by atoms with van der Waals surface area (Å²) in [5.41, 5.74) is 1.53. The van der Waals surface area contributed by atoms with Crippen LogP contribution in [-0.4, -0.2) is 68.9 Å². The molecular weight excluding hydrogens is 352 g/mol. The van der Waals surface area contributed by atoms with Crippen molar-refractivity contribution in [3.8, 4) is 5.75 Å². The number of morpholine rings is 1. The molecule has 4 rings (SSSR count). The summed E-state index contributed by atoms with van der Waals surface area (Å²) >= 11 is 0. The van der Waals surface area contributed by atoms with E-state index in [-0.39, 0.29) is 11.6 Å². The Balaban J connectivity index is 1.30. The largest absolute Gasteiger partial charge is 0.488 e. The van der Waals surface area contributed by atoms with Gasteiger partial charge in [0.1, 0.15) is 11.9 Å². The van der Waals surface area contributed by atoms with E-state index in [9.17, 15) is 0 Å². The molecule has 0 bridgehead atoms. The molecule has 0 spiro atoms. The van der Waals surface area contributed by atoms with Crippen molar-refractivity contribution in [2.75, 3.05) is 46.4 Å². The lowest BCUT2D eigenvalue weighted by Gasteiger charge is -2.48. The van der Waals surface area contributed by atoms with E-state index in [0.717, 1.165) is 57.5 Å². The molecule has 154 valence electrons. The molecule has 1 saturated carbocycles. The second-order valence-electron chi connectivity index (χ2n) is 8.24. The zero-order valence-electron chi connectivity index (χ0n) is 17.1. The first-order valence-electron chi connectivity index (χ1n) is 10.8. The Hall–Kier alpha value is -1.79. The average Bonchev–Trinajstić information content (AvgIpc) is 3.18. The SMILES string of the molecule is CN=C(NCC1Cc2ccccc2O1)NCC1(N2CCOCC2)CCCCC1. The Morgan fingerprint density at radius 3 is 2.68 bits per heavy atom. The zero-order chi connectivity index (χ0) is 19.2. The van der Waals surface area contributed by atoms with E-state index in [2.05, 4.69) is 38.7 Å². The van der Waals surface area contributed by atoms with Gasteiger partial charge in [0.05, 0.1) is 19.8 Å². The van der Waals surface area contributed by atoms with Crippen molar-refractivity contribution in [1.29, 1.82) is 0 Å². The normalized spacial score (nSPS) is 25.0. The van der Waals surface area contributed by atoms with Crippen LogP contribution in [-0.2, 0) is 11.2 Å². The molecule has 28 heavy (non-hydrogen) atoms. The predicted octanol–water partition coefficient (Wildman–Crippen LogP) is 2.19. The van der Waals surface area contributed by atoms with Crippen molar-refractivity contribution in [1.82, 2.24) is 15.5 Å². The highest BCUT2D eigenvalue weighted by Crippen LogP contribution is 2.34. The lowest BCUT2D eigenvalue weighted by atomic mass is 9.80. The highest BCUT2D eigenvalue weighted by molar-refractivity contribution is 5.79. The van der Waals surface area contributed by atoms with E-state index in [0.29, 0.717) is 0 Å². The van der Waals surface area contributed by atoms with Gasteiger partial charge >= 0.3 is 0 Å². The Bertz CT molecular complexity index is 641. The highest BCUT2D eigenvalue weighted by atomic mass is 16.5. The standard InChI is InChI=1S/C22H34N4O2/c1-23-21(24-16-19-15-18-7-3-4-8-20(18)28-19)25-17-22(9-5-2-6-10-22)26-11-13-27-14-12-26/h3-4,7-8,19H,2,5-6,9-17H2,1H3,(H2,23,24,25). The van der Waals surface area contributed by atoms with E-state index in [4.69, 9.17) is 9.47 Å². The highest BCUT2D eigenvalue weighted by Gasteiger charge is 2.38. The molecule has 1 atom stereocenters. The lowest BCUT2D eigenvalue weighted by molar-refractivity contribution is -0.0352. The number of para-hydroxylation sites is 1. The van der Waals surface area contributed by atoms with Crippen LogP contribution in [0.25, 0.3) is 0 Å². The summed E-state index contributed by atoms with van der Waals surface area (Å²) in [5, 5.41) is 7.10. The minimum atomic E-state index is 0.166. The maximum atomic E-state index is 6.04. The number of hydrogen-bond acceptors (Lipinski definition) is 4. The minimum Gasteiger partial charge on any atom is -0.488 e. The third-order valence-corrected chi connectivity index (χ3v) is 6.49. The number of nitrogens with zero attached hydrogens (tertiary/aromatic N) is 2. The number of ether oxygens (including phenoxy) is 2. The number of aliphatic imine (C=N–C) groups is 1. The summed E-state index contributed by atoms with van der Waals surface area (Å²) in [5.74, 6) is 1.89. The minimum absolute atomic E-state index is 0.166. The van der Waals surface area contributed by atoms with E-state index < -0.39 is 0 Å². The Morgan fingerprint density at radius 1 is 1.14 bits per heavy atom. The summed E-state index contributed by atoms with van der Waals surface area (Å²) in [4.78, 5) is 7.11. The van der Waals surface area contributed by atoms with Gasteiger partial charge in [0.2, 0.25) is 0 Å². The zero-order valence-corrected chi connectivity index (χ0v) is 17.1. The summed E-state index contributed by atoms with van der Waals surface area (Å²) in [6.45, 7) is 5.50. The maximum Gasteiger partial charge on any atom is 0.191 e. The van der Waals surface area contributed by atoms with Crippen LogP contribution in [0, 0.1) is 0 Å². The monoisotopic (exact) mass is 386 g/mol. The average molecular weight is 387 g/mol. The summed E-state index contributed by atoms with van der Waals surface area (Å²) < 4.78 is 11.6.